The van der Waals surface area contributed by atoms with Crippen LogP contribution in [0.4, 0.5) is 4.79 Å². The Bertz CT molecular complexity index is 567. The Morgan fingerprint density at radius 2 is 2.21 bits per heavy atom. The maximum Gasteiger partial charge on any atom is 0.321 e. The number of aryl methyl sites for hydroxylation is 1. The van der Waals surface area contributed by atoms with E-state index in [2.05, 4.69) is 24.4 Å². The van der Waals surface area contributed by atoms with Gasteiger partial charge in [-0.3, -0.25) is 4.90 Å². The lowest BCUT2D eigenvalue weighted by molar-refractivity contribution is -0.0882. The van der Waals surface area contributed by atoms with Gasteiger partial charge in [-0.25, -0.2) is 4.79 Å². The predicted molar refractivity (Wildman–Crippen MR) is 71.0 cm³/mol. The van der Waals surface area contributed by atoms with E-state index in [1.54, 1.807) is 0 Å². The third kappa shape index (κ3) is 1.49. The number of ether oxygens (including phenoxy) is 1. The molecule has 2 amide bonds. The van der Waals surface area contributed by atoms with Gasteiger partial charge in [0.25, 0.3) is 0 Å². The molecule has 2 bridgehead atoms. The molecule has 2 fully saturated rings. The molecule has 100 valence electrons. The molecule has 1 aromatic carbocycles. The first-order valence-corrected chi connectivity index (χ1v) is 6.97. The summed E-state index contributed by atoms with van der Waals surface area (Å²) < 4.78 is 6.27. The van der Waals surface area contributed by atoms with Gasteiger partial charge in [-0.05, 0) is 32.3 Å². The lowest BCUT2D eigenvalue weighted by Crippen LogP contribution is -2.65. The average Bonchev–Trinajstić information content (AvgIpc) is 3.14. The molecule has 4 rings (SSSR count). The molecule has 2 atom stereocenters. The summed E-state index contributed by atoms with van der Waals surface area (Å²) >= 11 is 0. The Morgan fingerprint density at radius 3 is 2.95 bits per heavy atom. The molecule has 1 aromatic rings. The van der Waals surface area contributed by atoms with Crippen molar-refractivity contribution in [1.29, 1.82) is 0 Å². The highest BCUT2D eigenvalue weighted by atomic mass is 16.5. The Kier molecular flexibility index (Phi) is 2.02. The molecule has 4 heteroatoms. The summed E-state index contributed by atoms with van der Waals surface area (Å²) in [5.74, 6) is 0.951. The molecular formula is C15H18N2O2. The number of para-hydroxylation sites is 1. The minimum absolute atomic E-state index is 0.0217. The molecule has 1 aliphatic carbocycles. The van der Waals surface area contributed by atoms with E-state index in [1.165, 1.54) is 0 Å². The Hall–Kier alpha value is -1.71. The number of amides is 2. The maximum absolute atomic E-state index is 12.3. The molecule has 0 aromatic heterocycles. The number of hydrogen-bond donors (Lipinski definition) is 1. The highest BCUT2D eigenvalue weighted by Gasteiger charge is 2.53. The number of hydrogen-bond acceptors (Lipinski definition) is 2. The van der Waals surface area contributed by atoms with Crippen molar-refractivity contribution in [3.63, 3.8) is 0 Å². The van der Waals surface area contributed by atoms with Gasteiger partial charge in [0, 0.05) is 18.0 Å². The third-order valence-corrected chi connectivity index (χ3v) is 4.46. The number of nitrogens with one attached hydrogen (secondary N) is 1. The quantitative estimate of drug-likeness (QED) is 0.841. The predicted octanol–water partition coefficient (Wildman–Crippen LogP) is 2.72. The van der Waals surface area contributed by atoms with Crippen molar-refractivity contribution in [1.82, 2.24) is 10.2 Å². The second-order valence-corrected chi connectivity index (χ2v) is 6.08. The van der Waals surface area contributed by atoms with Gasteiger partial charge in [0.15, 0.2) is 5.72 Å². The largest absolute Gasteiger partial charge is 0.467 e. The van der Waals surface area contributed by atoms with Crippen LogP contribution in [0.15, 0.2) is 18.2 Å². The first kappa shape index (κ1) is 11.1. The van der Waals surface area contributed by atoms with Crippen LogP contribution in [0, 0.1) is 6.92 Å². The van der Waals surface area contributed by atoms with Gasteiger partial charge in [0.2, 0.25) is 0 Å². The van der Waals surface area contributed by atoms with Crippen LogP contribution >= 0.6 is 0 Å². The van der Waals surface area contributed by atoms with Crippen molar-refractivity contribution in [3.05, 3.63) is 29.3 Å². The highest BCUT2D eigenvalue weighted by molar-refractivity contribution is 5.78. The Labute approximate surface area is 112 Å². The van der Waals surface area contributed by atoms with Crippen LogP contribution in [0.3, 0.4) is 0 Å². The number of carbonyl (C=O) groups is 1. The Balaban J connectivity index is 1.83. The number of carbonyl (C=O) groups excluding carboxylic acids is 1. The molecule has 0 radical (unpaired) electrons. The summed E-state index contributed by atoms with van der Waals surface area (Å²) in [5.41, 5.74) is 1.76. The van der Waals surface area contributed by atoms with Crippen LogP contribution < -0.4 is 10.1 Å². The van der Waals surface area contributed by atoms with Crippen molar-refractivity contribution < 1.29 is 9.53 Å². The first-order chi connectivity index (χ1) is 9.08. The molecule has 1 saturated carbocycles. The van der Waals surface area contributed by atoms with Gasteiger partial charge in [0.05, 0.1) is 6.04 Å². The summed E-state index contributed by atoms with van der Waals surface area (Å²) in [6.07, 6.45) is 3.01. The van der Waals surface area contributed by atoms with Crippen molar-refractivity contribution in [2.45, 2.75) is 50.9 Å². The number of fused-ring (bicyclic) bond motifs is 4. The van der Waals surface area contributed by atoms with Crippen LogP contribution in [0.25, 0.3) is 0 Å². The van der Waals surface area contributed by atoms with Gasteiger partial charge < -0.3 is 10.1 Å². The van der Waals surface area contributed by atoms with E-state index in [4.69, 9.17) is 4.74 Å². The Morgan fingerprint density at radius 1 is 1.42 bits per heavy atom. The van der Waals surface area contributed by atoms with Gasteiger partial charge in [0.1, 0.15) is 5.75 Å². The SMILES string of the molecule is Cc1cccc2c1OC1(C)CC2NC(=O)N1C1CC1. The standard InChI is InChI=1S/C15H18N2O2/c1-9-4-3-5-11-12-8-15(2,19-13(9)11)17(10-6-7-10)14(18)16-12/h3-5,10,12H,6-8H2,1-2H3,(H,16,18). The molecule has 2 unspecified atom stereocenters. The summed E-state index contributed by atoms with van der Waals surface area (Å²) in [6.45, 7) is 4.11. The van der Waals surface area contributed by atoms with Gasteiger partial charge in [-0.2, -0.15) is 0 Å². The molecule has 19 heavy (non-hydrogen) atoms. The number of benzene rings is 1. The number of rotatable bonds is 1. The summed E-state index contributed by atoms with van der Waals surface area (Å²) in [4.78, 5) is 14.2. The highest BCUT2D eigenvalue weighted by Crippen LogP contribution is 2.48. The zero-order valence-electron chi connectivity index (χ0n) is 11.3. The van der Waals surface area contributed by atoms with E-state index in [0.717, 1.165) is 36.1 Å². The van der Waals surface area contributed by atoms with Gasteiger partial charge in [-0.15, -0.1) is 0 Å². The maximum atomic E-state index is 12.3. The van der Waals surface area contributed by atoms with E-state index in [9.17, 15) is 4.79 Å². The second kappa shape index (κ2) is 3.44. The zero-order chi connectivity index (χ0) is 13.2. The van der Waals surface area contributed by atoms with Crippen LogP contribution in [0.1, 0.15) is 43.4 Å². The topological polar surface area (TPSA) is 41.6 Å². The van der Waals surface area contributed by atoms with Crippen LogP contribution in [-0.4, -0.2) is 22.7 Å². The van der Waals surface area contributed by atoms with E-state index in [0.29, 0.717) is 6.04 Å². The number of urea groups is 1. The van der Waals surface area contributed by atoms with Crippen LogP contribution in [0.2, 0.25) is 0 Å². The zero-order valence-corrected chi connectivity index (χ0v) is 11.3. The molecule has 4 nitrogen and oxygen atoms in total. The van der Waals surface area contributed by atoms with Crippen LogP contribution in [-0.2, 0) is 0 Å². The minimum atomic E-state index is -0.493. The normalized spacial score (nSPS) is 32.4. The van der Waals surface area contributed by atoms with Gasteiger partial charge in [-0.1, -0.05) is 18.2 Å². The van der Waals surface area contributed by atoms with Crippen molar-refractivity contribution in [2.75, 3.05) is 0 Å². The van der Waals surface area contributed by atoms with E-state index in [1.807, 2.05) is 17.9 Å². The number of nitrogens with zero attached hydrogens (tertiary/aromatic N) is 1. The van der Waals surface area contributed by atoms with Crippen molar-refractivity contribution >= 4 is 6.03 Å². The average molecular weight is 258 g/mol. The molecule has 3 aliphatic rings. The fourth-order valence-electron chi connectivity index (χ4n) is 3.43. The van der Waals surface area contributed by atoms with Crippen LogP contribution in [0.5, 0.6) is 5.75 Å². The molecule has 1 N–H and O–H groups in total. The fourth-order valence-corrected chi connectivity index (χ4v) is 3.43. The van der Waals surface area contributed by atoms with E-state index in [-0.39, 0.29) is 12.1 Å². The molecular weight excluding hydrogens is 240 g/mol. The molecule has 0 spiro atoms. The monoisotopic (exact) mass is 258 g/mol. The van der Waals surface area contributed by atoms with Crippen molar-refractivity contribution in [3.8, 4) is 5.75 Å². The summed E-state index contributed by atoms with van der Waals surface area (Å²) in [7, 11) is 0. The first-order valence-electron chi connectivity index (χ1n) is 6.97. The van der Waals surface area contributed by atoms with E-state index >= 15 is 0 Å². The summed E-state index contributed by atoms with van der Waals surface area (Å²) in [5, 5.41) is 3.13. The summed E-state index contributed by atoms with van der Waals surface area (Å²) in [6, 6.07) is 6.60. The molecule has 2 heterocycles. The van der Waals surface area contributed by atoms with Crippen molar-refractivity contribution in [2.24, 2.45) is 0 Å². The smallest absolute Gasteiger partial charge is 0.321 e. The second-order valence-electron chi connectivity index (χ2n) is 6.08. The van der Waals surface area contributed by atoms with Gasteiger partial charge >= 0.3 is 6.03 Å². The fraction of sp³-hybridized carbons (Fsp3) is 0.533. The molecule has 2 aliphatic heterocycles. The minimum Gasteiger partial charge on any atom is -0.467 e. The lowest BCUT2D eigenvalue weighted by Gasteiger charge is -2.51. The third-order valence-electron chi connectivity index (χ3n) is 4.46. The lowest BCUT2D eigenvalue weighted by atomic mass is 9.89. The molecule has 1 saturated heterocycles. The van der Waals surface area contributed by atoms with E-state index < -0.39 is 5.72 Å².